The summed E-state index contributed by atoms with van der Waals surface area (Å²) in [5, 5.41) is 9.92. The van der Waals surface area contributed by atoms with Crippen LogP contribution in [-0.4, -0.2) is 10.8 Å². The molecule has 0 atom stereocenters. The predicted molar refractivity (Wildman–Crippen MR) is 115 cm³/mol. The van der Waals surface area contributed by atoms with Gasteiger partial charge in [0.1, 0.15) is 6.61 Å². The first-order valence-corrected chi connectivity index (χ1v) is 9.61. The van der Waals surface area contributed by atoms with Crippen LogP contribution in [0.25, 0.3) is 28.1 Å². The summed E-state index contributed by atoms with van der Waals surface area (Å²) in [7, 11) is 0. The molecule has 4 nitrogen and oxygen atoms in total. The number of hydrogen-bond acceptors (Lipinski definition) is 4. The van der Waals surface area contributed by atoms with Crippen LogP contribution < -0.4 is 0 Å². The largest absolute Gasteiger partial charge is 0.483 e. The molecule has 3 aromatic carbocycles. The number of carbonyl (C=O) groups is 1. The Hall–Kier alpha value is -4.23. The van der Waals surface area contributed by atoms with Crippen LogP contribution in [0.1, 0.15) is 27.2 Å². The van der Waals surface area contributed by atoms with E-state index in [2.05, 4.69) is 6.07 Å². The number of hydrogen-bond donors (Lipinski definition) is 0. The lowest BCUT2D eigenvalue weighted by Gasteiger charge is -2.22. The van der Waals surface area contributed by atoms with E-state index < -0.39 is 0 Å². The number of para-hydroxylation sites is 1. The maximum atomic E-state index is 13.5. The Kier molecular flexibility index (Phi) is 4.34. The Morgan fingerprint density at radius 3 is 2.40 bits per heavy atom. The average molecular weight is 388 g/mol. The smallest absolute Gasteiger partial charge is 0.230 e. The van der Waals surface area contributed by atoms with Gasteiger partial charge in [-0.1, -0.05) is 60.7 Å². The monoisotopic (exact) mass is 388 g/mol. The van der Waals surface area contributed by atoms with E-state index in [-0.39, 0.29) is 18.1 Å². The van der Waals surface area contributed by atoms with Crippen molar-refractivity contribution in [1.82, 2.24) is 4.98 Å². The highest BCUT2D eigenvalue weighted by Crippen LogP contribution is 2.37. The molecule has 2 heterocycles. The number of ketones is 1. The summed E-state index contributed by atoms with van der Waals surface area (Å²) < 4.78 is 5.80. The van der Waals surface area contributed by atoms with Crippen LogP contribution in [0.3, 0.4) is 0 Å². The zero-order chi connectivity index (χ0) is 20.5. The van der Waals surface area contributed by atoms with Crippen molar-refractivity contribution < 1.29 is 9.53 Å². The van der Waals surface area contributed by atoms with Crippen LogP contribution in [0.4, 0.5) is 0 Å². The van der Waals surface area contributed by atoms with E-state index in [9.17, 15) is 4.79 Å². The maximum Gasteiger partial charge on any atom is 0.230 e. The molecule has 0 aliphatic carbocycles. The summed E-state index contributed by atoms with van der Waals surface area (Å²) in [6.07, 6.45) is 1.72. The van der Waals surface area contributed by atoms with Crippen LogP contribution in [0.5, 0.6) is 0 Å². The summed E-state index contributed by atoms with van der Waals surface area (Å²) in [4.78, 5) is 18.2. The molecule has 5 rings (SSSR count). The minimum atomic E-state index is -0.183. The van der Waals surface area contributed by atoms with Crippen LogP contribution >= 0.6 is 0 Å². The van der Waals surface area contributed by atoms with E-state index in [1.165, 1.54) is 0 Å². The van der Waals surface area contributed by atoms with Gasteiger partial charge in [0.2, 0.25) is 5.78 Å². The number of nitriles is 1. The average Bonchev–Trinajstić information content (AvgIpc) is 2.80. The first kappa shape index (κ1) is 17.8. The van der Waals surface area contributed by atoms with E-state index >= 15 is 0 Å². The van der Waals surface area contributed by atoms with Crippen LogP contribution in [0, 0.1) is 11.3 Å². The quantitative estimate of drug-likeness (QED) is 0.424. The predicted octanol–water partition coefficient (Wildman–Crippen LogP) is 5.53. The molecule has 1 aliphatic heterocycles. The summed E-state index contributed by atoms with van der Waals surface area (Å²) in [6, 6.07) is 26.9. The number of fused-ring (bicyclic) bond motifs is 2. The molecule has 0 N–H and O–H groups in total. The zero-order valence-corrected chi connectivity index (χ0v) is 16.0. The maximum absolute atomic E-state index is 13.5. The number of pyridine rings is 1. The number of rotatable bonds is 2. The standard InChI is InChI=1S/C26H16N2O2/c27-15-18-12-10-17(11-13-18)14-23-26(29)25-22(16-30-23)28-21-9-5-4-8-20(21)24(25)19-6-2-1-3-7-19/h1-14H,16H2. The van der Waals surface area contributed by atoms with E-state index in [0.717, 1.165) is 27.6 Å². The second kappa shape index (κ2) is 7.31. The molecule has 0 unspecified atom stereocenters. The van der Waals surface area contributed by atoms with Crippen LogP contribution in [0.2, 0.25) is 0 Å². The van der Waals surface area contributed by atoms with Gasteiger partial charge >= 0.3 is 0 Å². The summed E-state index contributed by atoms with van der Waals surface area (Å²) in [5.74, 6) is 0.0965. The normalized spacial score (nSPS) is 14.2. The van der Waals surface area contributed by atoms with Crippen molar-refractivity contribution in [2.75, 3.05) is 0 Å². The van der Waals surface area contributed by atoms with Gasteiger partial charge in [-0.15, -0.1) is 0 Å². The number of carbonyl (C=O) groups excluding carboxylic acids is 1. The molecule has 0 saturated heterocycles. The van der Waals surface area contributed by atoms with Gasteiger partial charge < -0.3 is 4.74 Å². The van der Waals surface area contributed by atoms with Crippen molar-refractivity contribution >= 4 is 22.8 Å². The molecule has 0 bridgehead atoms. The van der Waals surface area contributed by atoms with E-state index in [0.29, 0.717) is 16.8 Å². The molecule has 0 spiro atoms. The number of Topliss-reactive ketones (excluding diaryl/α,β-unsaturated/α-hetero) is 1. The molecule has 0 fully saturated rings. The van der Waals surface area contributed by atoms with Crippen molar-refractivity contribution in [2.24, 2.45) is 0 Å². The Bertz CT molecular complexity index is 1350. The first-order valence-electron chi connectivity index (χ1n) is 9.61. The number of allylic oxidation sites excluding steroid dienone is 1. The SMILES string of the molecule is N#Cc1ccc(C=C2OCc3nc4ccccc4c(-c4ccccc4)c3C2=O)cc1. The molecule has 1 aliphatic rings. The molecule has 142 valence electrons. The van der Waals surface area contributed by atoms with Crippen molar-refractivity contribution in [3.8, 4) is 17.2 Å². The van der Waals surface area contributed by atoms with Crippen molar-refractivity contribution in [3.63, 3.8) is 0 Å². The third-order valence-electron chi connectivity index (χ3n) is 5.18. The Morgan fingerprint density at radius 2 is 1.63 bits per heavy atom. The lowest BCUT2D eigenvalue weighted by molar-refractivity contribution is 0.0867. The third kappa shape index (κ3) is 3.03. The van der Waals surface area contributed by atoms with Crippen LogP contribution in [0.15, 0.2) is 84.6 Å². The Labute approximate surface area is 173 Å². The second-order valence-corrected chi connectivity index (χ2v) is 7.05. The van der Waals surface area contributed by atoms with Gasteiger partial charge in [-0.25, -0.2) is 4.98 Å². The van der Waals surface area contributed by atoms with Crippen molar-refractivity contribution in [1.29, 1.82) is 5.26 Å². The topological polar surface area (TPSA) is 63.0 Å². The molecule has 0 saturated carbocycles. The van der Waals surface area contributed by atoms with Gasteiger partial charge in [0.15, 0.2) is 5.76 Å². The van der Waals surface area contributed by atoms with E-state index in [1.54, 1.807) is 30.3 Å². The molecular weight excluding hydrogens is 372 g/mol. The van der Waals surface area contributed by atoms with E-state index in [1.807, 2.05) is 54.6 Å². The molecule has 1 aromatic heterocycles. The van der Waals surface area contributed by atoms with Gasteiger partial charge in [-0.05, 0) is 35.4 Å². The highest BCUT2D eigenvalue weighted by atomic mass is 16.5. The van der Waals surface area contributed by atoms with Gasteiger partial charge in [-0.3, -0.25) is 4.79 Å². The molecule has 0 amide bonds. The van der Waals surface area contributed by atoms with Gasteiger partial charge in [-0.2, -0.15) is 5.26 Å². The number of aromatic nitrogens is 1. The van der Waals surface area contributed by atoms with Gasteiger partial charge in [0, 0.05) is 10.9 Å². The fraction of sp³-hybridized carbons (Fsp3) is 0.0385. The summed E-state index contributed by atoms with van der Waals surface area (Å²) in [5.41, 5.74) is 5.30. The molecule has 0 radical (unpaired) electrons. The lowest BCUT2D eigenvalue weighted by atomic mass is 9.90. The number of nitrogens with zero attached hydrogens (tertiary/aromatic N) is 2. The number of ether oxygens (including phenoxy) is 1. The Morgan fingerprint density at radius 1 is 0.900 bits per heavy atom. The highest BCUT2D eigenvalue weighted by molar-refractivity contribution is 6.18. The van der Waals surface area contributed by atoms with Crippen molar-refractivity contribution in [2.45, 2.75) is 6.61 Å². The minimum absolute atomic E-state index is 0.183. The highest BCUT2D eigenvalue weighted by Gasteiger charge is 2.29. The molecule has 4 heteroatoms. The van der Waals surface area contributed by atoms with Gasteiger partial charge in [0.05, 0.1) is 28.4 Å². The summed E-state index contributed by atoms with van der Waals surface area (Å²) >= 11 is 0. The number of benzene rings is 3. The zero-order valence-electron chi connectivity index (χ0n) is 16.0. The summed E-state index contributed by atoms with van der Waals surface area (Å²) in [6.45, 7) is 0.230. The minimum Gasteiger partial charge on any atom is -0.483 e. The fourth-order valence-corrected chi connectivity index (χ4v) is 3.76. The molecule has 30 heavy (non-hydrogen) atoms. The Balaban J connectivity index is 1.70. The molecule has 4 aromatic rings. The lowest BCUT2D eigenvalue weighted by Crippen LogP contribution is -2.19. The van der Waals surface area contributed by atoms with Gasteiger partial charge in [0.25, 0.3) is 0 Å². The first-order chi connectivity index (χ1) is 14.7. The van der Waals surface area contributed by atoms with Crippen molar-refractivity contribution in [3.05, 3.63) is 107 Å². The second-order valence-electron chi connectivity index (χ2n) is 7.05. The third-order valence-corrected chi connectivity index (χ3v) is 5.18. The fourth-order valence-electron chi connectivity index (χ4n) is 3.76. The van der Waals surface area contributed by atoms with Crippen LogP contribution in [-0.2, 0) is 11.3 Å². The molecular formula is C26H16N2O2. The van der Waals surface area contributed by atoms with E-state index in [4.69, 9.17) is 15.0 Å².